The molecule has 46 heavy (non-hydrogen) atoms. The third-order valence-corrected chi connectivity index (χ3v) is 7.59. The van der Waals surface area contributed by atoms with Crippen molar-refractivity contribution in [1.82, 2.24) is 25.6 Å². The summed E-state index contributed by atoms with van der Waals surface area (Å²) in [5.41, 5.74) is 4.30. The van der Waals surface area contributed by atoms with E-state index in [0.717, 1.165) is 29.7 Å². The highest BCUT2D eigenvalue weighted by molar-refractivity contribution is 5.99. The average Bonchev–Trinajstić information content (AvgIpc) is 3.89. The fourth-order valence-corrected chi connectivity index (χ4v) is 4.79. The minimum absolute atomic E-state index is 0.114. The summed E-state index contributed by atoms with van der Waals surface area (Å²) >= 11 is 0. The molecule has 0 spiro atoms. The molecular weight excluding hydrogens is 585 g/mol. The van der Waals surface area contributed by atoms with E-state index in [4.69, 9.17) is 4.99 Å². The standard InChI is InChI=1S/C35H32FN7O3/c36-25-6-1-23(2-7-25)20-38-34(46)31-21-39-35(43-32(31)40-26-13-15-30(44)16-14-26)42-28-8-3-22(4-9-28)5-10-29-19-24(17-18-37-29)33(45)41-27-11-12-27/h1-4,6-9,17-19,21,27,30,44H,11-16,20H2,(H,38,46)(H,41,45)(H,39,42,43). The highest BCUT2D eigenvalue weighted by Gasteiger charge is 2.24. The van der Waals surface area contributed by atoms with Gasteiger partial charge in [0.2, 0.25) is 5.95 Å². The monoisotopic (exact) mass is 617 g/mol. The van der Waals surface area contributed by atoms with E-state index in [1.807, 2.05) is 24.3 Å². The predicted molar refractivity (Wildman–Crippen MR) is 172 cm³/mol. The molecule has 0 unspecified atom stereocenters. The van der Waals surface area contributed by atoms with E-state index < -0.39 is 5.91 Å². The Hall–Kier alpha value is -5.47. The number of carbonyl (C=O) groups excluding carboxylic acids is 2. The Morgan fingerprint density at radius 2 is 1.70 bits per heavy atom. The number of nitrogens with zero attached hydrogens (tertiary/aromatic N) is 4. The molecule has 0 atom stereocenters. The third kappa shape index (κ3) is 8.37. The highest BCUT2D eigenvalue weighted by atomic mass is 19.1. The predicted octanol–water partition coefficient (Wildman–Crippen LogP) is 4.98. The van der Waals surface area contributed by atoms with E-state index >= 15 is 0 Å². The molecule has 11 heteroatoms. The molecule has 2 fully saturated rings. The molecule has 10 nitrogen and oxygen atoms in total. The maximum Gasteiger partial charge on any atom is 0.256 e. The zero-order valence-corrected chi connectivity index (χ0v) is 25.0. The number of hydrogen-bond acceptors (Lipinski definition) is 8. The Balaban J connectivity index is 1.15. The lowest BCUT2D eigenvalue weighted by Crippen LogP contribution is -2.25. The Kier molecular flexibility index (Phi) is 9.36. The minimum Gasteiger partial charge on any atom is -0.393 e. The molecule has 0 saturated heterocycles. The van der Waals surface area contributed by atoms with Gasteiger partial charge in [-0.15, -0.1) is 0 Å². The van der Waals surface area contributed by atoms with Gasteiger partial charge in [-0.3, -0.25) is 9.59 Å². The van der Waals surface area contributed by atoms with Gasteiger partial charge in [0, 0.05) is 47.5 Å². The second-order valence-electron chi connectivity index (χ2n) is 11.3. The number of aromatic nitrogens is 3. The van der Waals surface area contributed by atoms with Crippen LogP contribution in [0, 0.1) is 17.7 Å². The molecule has 0 aliphatic heterocycles. The fraction of sp³-hybridized carbons (Fsp3) is 0.257. The zero-order chi connectivity index (χ0) is 31.9. The summed E-state index contributed by atoms with van der Waals surface area (Å²) in [5, 5.41) is 18.9. The average molecular weight is 618 g/mol. The molecule has 2 aliphatic carbocycles. The number of nitrogens with one attached hydrogen (secondary N) is 3. The summed E-state index contributed by atoms with van der Waals surface area (Å²) in [6.07, 6.45) is 7.12. The van der Waals surface area contributed by atoms with Gasteiger partial charge < -0.3 is 21.1 Å². The van der Waals surface area contributed by atoms with Crippen molar-refractivity contribution in [3.8, 4) is 11.8 Å². The topological polar surface area (TPSA) is 141 Å². The number of benzene rings is 2. The first-order valence-corrected chi connectivity index (χ1v) is 15.2. The van der Waals surface area contributed by atoms with Gasteiger partial charge in [-0.2, -0.15) is 4.98 Å². The number of halogens is 1. The van der Waals surface area contributed by atoms with Crippen LogP contribution in [0.1, 0.15) is 76.1 Å². The Labute approximate surface area is 265 Å². The lowest BCUT2D eigenvalue weighted by Gasteiger charge is -2.18. The number of anilines is 2. The molecule has 2 amide bonds. The SMILES string of the molecule is O=C(NC1CC1)c1ccnc(C#Cc2ccc(Nc3ncc(C(=O)NCc4ccc(F)cc4)c(N=C4CCC(O)CC4)n3)cc2)c1. The lowest BCUT2D eigenvalue weighted by molar-refractivity contribution is 0.0942. The Morgan fingerprint density at radius 3 is 2.43 bits per heavy atom. The number of carbonyl (C=O) groups is 2. The van der Waals surface area contributed by atoms with Gasteiger partial charge in [0.1, 0.15) is 17.1 Å². The van der Waals surface area contributed by atoms with Gasteiger partial charge in [0.25, 0.3) is 11.8 Å². The smallest absolute Gasteiger partial charge is 0.256 e. The van der Waals surface area contributed by atoms with Crippen LogP contribution < -0.4 is 16.0 Å². The molecule has 4 aromatic rings. The number of amides is 2. The molecule has 2 aromatic carbocycles. The first-order valence-electron chi connectivity index (χ1n) is 15.2. The van der Waals surface area contributed by atoms with Gasteiger partial charge in [-0.25, -0.2) is 19.4 Å². The van der Waals surface area contributed by atoms with Crippen molar-refractivity contribution in [2.24, 2.45) is 4.99 Å². The fourth-order valence-electron chi connectivity index (χ4n) is 4.79. The van der Waals surface area contributed by atoms with E-state index in [-0.39, 0.29) is 47.7 Å². The molecular formula is C35H32FN7O3. The largest absolute Gasteiger partial charge is 0.393 e. The number of aliphatic hydroxyl groups is 1. The van der Waals surface area contributed by atoms with Gasteiger partial charge in [0.05, 0.1) is 6.10 Å². The molecule has 2 aromatic heterocycles. The highest BCUT2D eigenvalue weighted by Crippen LogP contribution is 2.24. The third-order valence-electron chi connectivity index (χ3n) is 7.59. The van der Waals surface area contributed by atoms with Crippen molar-refractivity contribution in [3.63, 3.8) is 0 Å². The van der Waals surface area contributed by atoms with Crippen LogP contribution in [-0.2, 0) is 6.54 Å². The molecule has 2 heterocycles. The normalized spacial score (nSPS) is 15.7. The molecule has 4 N–H and O–H groups in total. The van der Waals surface area contributed by atoms with Crippen molar-refractivity contribution in [3.05, 3.63) is 107 Å². The van der Waals surface area contributed by atoms with Crippen LogP contribution in [-0.4, -0.2) is 49.7 Å². The van der Waals surface area contributed by atoms with Crippen LogP contribution >= 0.6 is 0 Å². The van der Waals surface area contributed by atoms with Gasteiger partial charge >= 0.3 is 0 Å². The van der Waals surface area contributed by atoms with Crippen molar-refractivity contribution >= 4 is 35.0 Å². The van der Waals surface area contributed by atoms with Crippen molar-refractivity contribution in [2.75, 3.05) is 5.32 Å². The molecule has 232 valence electrons. The van der Waals surface area contributed by atoms with E-state index in [1.165, 1.54) is 18.3 Å². The minimum atomic E-state index is -0.405. The van der Waals surface area contributed by atoms with Crippen LogP contribution in [0.15, 0.2) is 78.0 Å². The van der Waals surface area contributed by atoms with E-state index in [2.05, 4.69) is 42.7 Å². The van der Waals surface area contributed by atoms with Crippen molar-refractivity contribution in [1.29, 1.82) is 0 Å². The molecule has 0 bridgehead atoms. The van der Waals surface area contributed by atoms with Crippen LogP contribution in [0.4, 0.5) is 21.8 Å². The summed E-state index contributed by atoms with van der Waals surface area (Å²) in [6.45, 7) is 0.202. The van der Waals surface area contributed by atoms with Gasteiger partial charge in [0.15, 0.2) is 5.82 Å². The first kappa shape index (κ1) is 30.6. The number of pyridine rings is 1. The summed E-state index contributed by atoms with van der Waals surface area (Å²) in [7, 11) is 0. The van der Waals surface area contributed by atoms with E-state index in [9.17, 15) is 19.1 Å². The van der Waals surface area contributed by atoms with Gasteiger partial charge in [-0.1, -0.05) is 18.1 Å². The molecule has 6 rings (SSSR count). The summed E-state index contributed by atoms with van der Waals surface area (Å²) in [6, 6.07) is 16.9. The first-order chi connectivity index (χ1) is 22.4. The molecule has 2 aliphatic rings. The second kappa shape index (κ2) is 14.1. The maximum absolute atomic E-state index is 13.3. The van der Waals surface area contributed by atoms with Crippen LogP contribution in [0.5, 0.6) is 0 Å². The number of rotatable bonds is 8. The van der Waals surface area contributed by atoms with E-state index in [1.54, 1.807) is 30.5 Å². The van der Waals surface area contributed by atoms with Gasteiger partial charge in [-0.05, 0) is 98.5 Å². The number of aliphatic hydroxyl groups excluding tert-OH is 1. The number of hydrogen-bond donors (Lipinski definition) is 4. The summed E-state index contributed by atoms with van der Waals surface area (Å²) < 4.78 is 13.3. The Morgan fingerprint density at radius 1 is 0.935 bits per heavy atom. The van der Waals surface area contributed by atoms with Crippen LogP contribution in [0.2, 0.25) is 0 Å². The van der Waals surface area contributed by atoms with Crippen molar-refractivity contribution in [2.45, 2.75) is 57.2 Å². The number of aliphatic imine (C=N–C) groups is 1. The van der Waals surface area contributed by atoms with E-state index in [0.29, 0.717) is 42.6 Å². The quantitative estimate of drug-likeness (QED) is 0.204. The summed E-state index contributed by atoms with van der Waals surface area (Å²) in [4.78, 5) is 43.3. The lowest BCUT2D eigenvalue weighted by atomic mass is 9.96. The molecule has 0 radical (unpaired) electrons. The second-order valence-corrected chi connectivity index (χ2v) is 11.3. The summed E-state index contributed by atoms with van der Waals surface area (Å²) in [5.74, 6) is 5.70. The van der Waals surface area contributed by atoms with Crippen LogP contribution in [0.25, 0.3) is 0 Å². The zero-order valence-electron chi connectivity index (χ0n) is 25.0. The van der Waals surface area contributed by atoms with Crippen LogP contribution in [0.3, 0.4) is 0 Å². The molecule has 2 saturated carbocycles. The maximum atomic E-state index is 13.3. The van der Waals surface area contributed by atoms with Crippen molar-refractivity contribution < 1.29 is 19.1 Å². The Bertz CT molecular complexity index is 1820.